The molecule has 2 N–H and O–H groups in total. The molecule has 7 heteroatoms. The van der Waals surface area contributed by atoms with E-state index in [9.17, 15) is 10.2 Å². The lowest BCUT2D eigenvalue weighted by Gasteiger charge is -2.14. The fraction of sp³-hybridized carbons (Fsp3) is 0.417. The Kier molecular flexibility index (Phi) is 3.52. The predicted octanol–water partition coefficient (Wildman–Crippen LogP) is 3.16. The molecule has 4 nitrogen and oxygen atoms in total. The second-order valence-electron chi connectivity index (χ2n) is 4.77. The van der Waals surface area contributed by atoms with Gasteiger partial charge < -0.3 is 14.8 Å². The fourth-order valence-corrected chi connectivity index (χ4v) is 3.57. The van der Waals surface area contributed by atoms with Crippen LogP contribution in [-0.2, 0) is 0 Å². The van der Waals surface area contributed by atoms with Crippen molar-refractivity contribution in [2.45, 2.75) is 31.1 Å². The molecule has 1 aromatic heterocycles. The van der Waals surface area contributed by atoms with E-state index in [-0.39, 0.29) is 6.04 Å². The van der Waals surface area contributed by atoms with E-state index in [0.717, 1.165) is 11.0 Å². The fourth-order valence-electron chi connectivity index (χ4n) is 2.59. The molecule has 3 rings (SSSR count). The molecule has 1 aliphatic rings. The standard InChI is InChI=1S/C12H11BrCl2N2O2/c13-12-16-8-3-6(14)7(15)4-9(8)17(12)5-1-10(18)11(19)2-5/h3-5,10-11,18-19H,1-2H2. The van der Waals surface area contributed by atoms with Gasteiger partial charge in [0.15, 0.2) is 4.73 Å². The third kappa shape index (κ3) is 2.28. The molecule has 2 atom stereocenters. The van der Waals surface area contributed by atoms with E-state index in [1.807, 2.05) is 4.57 Å². The summed E-state index contributed by atoms with van der Waals surface area (Å²) in [5, 5.41) is 20.3. The molecule has 0 aliphatic heterocycles. The average Bonchev–Trinajstić information content (AvgIpc) is 2.80. The number of fused-ring (bicyclic) bond motifs is 1. The second kappa shape index (κ2) is 4.90. The number of halogens is 3. The highest BCUT2D eigenvalue weighted by atomic mass is 79.9. The first-order valence-electron chi connectivity index (χ1n) is 5.86. The molecule has 1 fully saturated rings. The van der Waals surface area contributed by atoms with Gasteiger partial charge in [-0.15, -0.1) is 0 Å². The molecule has 2 aromatic rings. The summed E-state index contributed by atoms with van der Waals surface area (Å²) in [5.41, 5.74) is 1.57. The van der Waals surface area contributed by atoms with Crippen molar-refractivity contribution < 1.29 is 10.2 Å². The van der Waals surface area contributed by atoms with Crippen LogP contribution in [-0.4, -0.2) is 32.0 Å². The van der Waals surface area contributed by atoms with Crippen LogP contribution in [0.15, 0.2) is 16.9 Å². The van der Waals surface area contributed by atoms with Gasteiger partial charge in [0, 0.05) is 6.04 Å². The van der Waals surface area contributed by atoms with Gasteiger partial charge in [-0.25, -0.2) is 4.98 Å². The molecular formula is C12H11BrCl2N2O2. The average molecular weight is 366 g/mol. The largest absolute Gasteiger partial charge is 0.390 e. The summed E-state index contributed by atoms with van der Waals surface area (Å²) < 4.78 is 2.59. The Morgan fingerprint density at radius 1 is 1.16 bits per heavy atom. The maximum atomic E-state index is 9.68. The molecule has 0 spiro atoms. The van der Waals surface area contributed by atoms with Gasteiger partial charge in [0.2, 0.25) is 0 Å². The van der Waals surface area contributed by atoms with Gasteiger partial charge in [-0.2, -0.15) is 0 Å². The van der Waals surface area contributed by atoms with Crippen molar-refractivity contribution in [3.05, 3.63) is 26.9 Å². The number of nitrogens with zero attached hydrogens (tertiary/aromatic N) is 2. The van der Waals surface area contributed by atoms with Crippen molar-refractivity contribution in [3.63, 3.8) is 0 Å². The third-order valence-corrected chi connectivity index (χ3v) is 4.81. The summed E-state index contributed by atoms with van der Waals surface area (Å²) in [6, 6.07) is 3.46. The number of aromatic nitrogens is 2. The number of hydrogen-bond donors (Lipinski definition) is 2. The molecular weight excluding hydrogens is 355 g/mol. The Morgan fingerprint density at radius 2 is 1.74 bits per heavy atom. The topological polar surface area (TPSA) is 58.3 Å². The van der Waals surface area contributed by atoms with Crippen molar-refractivity contribution in [2.24, 2.45) is 0 Å². The van der Waals surface area contributed by atoms with E-state index in [4.69, 9.17) is 23.2 Å². The van der Waals surface area contributed by atoms with Crippen molar-refractivity contribution in [2.75, 3.05) is 0 Å². The maximum absolute atomic E-state index is 9.68. The molecule has 1 aromatic carbocycles. The lowest BCUT2D eigenvalue weighted by Crippen LogP contribution is -2.17. The zero-order chi connectivity index (χ0) is 13.7. The molecule has 1 heterocycles. The number of benzene rings is 1. The smallest absolute Gasteiger partial charge is 0.178 e. The van der Waals surface area contributed by atoms with Crippen LogP contribution in [0.25, 0.3) is 11.0 Å². The van der Waals surface area contributed by atoms with Gasteiger partial charge in [0.1, 0.15) is 0 Å². The quantitative estimate of drug-likeness (QED) is 0.816. The summed E-state index contributed by atoms with van der Waals surface area (Å²) in [4.78, 5) is 4.38. The highest BCUT2D eigenvalue weighted by Crippen LogP contribution is 2.37. The molecule has 102 valence electrons. The summed E-state index contributed by atoms with van der Waals surface area (Å²) >= 11 is 15.4. The summed E-state index contributed by atoms with van der Waals surface area (Å²) in [5.74, 6) is 0. The number of imidazole rings is 1. The number of aliphatic hydroxyl groups excluding tert-OH is 2. The summed E-state index contributed by atoms with van der Waals surface area (Å²) in [6.07, 6.45) is -0.411. The van der Waals surface area contributed by atoms with Crippen LogP contribution in [0.3, 0.4) is 0 Å². The first-order valence-corrected chi connectivity index (χ1v) is 7.41. The molecule has 1 saturated carbocycles. The highest BCUT2D eigenvalue weighted by Gasteiger charge is 2.34. The molecule has 0 amide bonds. The van der Waals surface area contributed by atoms with Gasteiger partial charge in [0.05, 0.1) is 33.3 Å². The van der Waals surface area contributed by atoms with Gasteiger partial charge in [-0.3, -0.25) is 0 Å². The van der Waals surface area contributed by atoms with Crippen LogP contribution in [0, 0.1) is 0 Å². The van der Waals surface area contributed by atoms with E-state index in [1.54, 1.807) is 12.1 Å². The van der Waals surface area contributed by atoms with Crippen LogP contribution in [0.5, 0.6) is 0 Å². The first kappa shape index (κ1) is 13.6. The van der Waals surface area contributed by atoms with Crippen LogP contribution < -0.4 is 0 Å². The Labute approximate surface area is 128 Å². The van der Waals surface area contributed by atoms with Gasteiger partial charge in [0.25, 0.3) is 0 Å². The Morgan fingerprint density at radius 3 is 2.37 bits per heavy atom. The molecule has 0 radical (unpaired) electrons. The number of hydrogen-bond acceptors (Lipinski definition) is 3. The van der Waals surface area contributed by atoms with Gasteiger partial charge >= 0.3 is 0 Å². The number of rotatable bonds is 1. The lowest BCUT2D eigenvalue weighted by atomic mass is 10.2. The second-order valence-corrected chi connectivity index (χ2v) is 6.29. The maximum Gasteiger partial charge on any atom is 0.178 e. The van der Waals surface area contributed by atoms with Crippen LogP contribution in [0.2, 0.25) is 10.0 Å². The Balaban J connectivity index is 2.13. The van der Waals surface area contributed by atoms with E-state index in [0.29, 0.717) is 27.6 Å². The van der Waals surface area contributed by atoms with Crippen molar-refractivity contribution >= 4 is 50.2 Å². The molecule has 0 bridgehead atoms. The minimum atomic E-state index is -0.697. The zero-order valence-electron chi connectivity index (χ0n) is 9.72. The van der Waals surface area contributed by atoms with Crippen LogP contribution in [0.1, 0.15) is 18.9 Å². The summed E-state index contributed by atoms with van der Waals surface area (Å²) in [7, 11) is 0. The van der Waals surface area contributed by atoms with E-state index < -0.39 is 12.2 Å². The van der Waals surface area contributed by atoms with E-state index in [1.165, 1.54) is 0 Å². The van der Waals surface area contributed by atoms with Gasteiger partial charge in [-0.1, -0.05) is 23.2 Å². The SMILES string of the molecule is OC1CC(n2c(Br)nc3cc(Cl)c(Cl)cc32)CC1O. The van der Waals surface area contributed by atoms with Crippen molar-refractivity contribution in [1.82, 2.24) is 9.55 Å². The van der Waals surface area contributed by atoms with Crippen molar-refractivity contribution in [1.29, 1.82) is 0 Å². The number of aliphatic hydroxyl groups is 2. The zero-order valence-corrected chi connectivity index (χ0v) is 12.8. The normalized spacial score (nSPS) is 27.3. The third-order valence-electron chi connectivity index (χ3n) is 3.52. The highest BCUT2D eigenvalue weighted by molar-refractivity contribution is 9.10. The Hall–Kier alpha value is -0.330. The molecule has 19 heavy (non-hydrogen) atoms. The van der Waals surface area contributed by atoms with E-state index >= 15 is 0 Å². The van der Waals surface area contributed by atoms with Crippen molar-refractivity contribution in [3.8, 4) is 0 Å². The molecule has 0 saturated heterocycles. The monoisotopic (exact) mass is 364 g/mol. The lowest BCUT2D eigenvalue weighted by molar-refractivity contribution is 0.0438. The minimum Gasteiger partial charge on any atom is -0.390 e. The molecule has 2 unspecified atom stereocenters. The minimum absolute atomic E-state index is 0.0124. The molecule has 1 aliphatic carbocycles. The van der Waals surface area contributed by atoms with Crippen LogP contribution in [0.4, 0.5) is 0 Å². The van der Waals surface area contributed by atoms with E-state index in [2.05, 4.69) is 20.9 Å². The van der Waals surface area contributed by atoms with Crippen LogP contribution >= 0.6 is 39.1 Å². The first-order chi connectivity index (χ1) is 8.97. The predicted molar refractivity (Wildman–Crippen MR) is 77.7 cm³/mol. The summed E-state index contributed by atoms with van der Waals surface area (Å²) in [6.45, 7) is 0. The van der Waals surface area contributed by atoms with Gasteiger partial charge in [-0.05, 0) is 40.9 Å². The Bertz CT molecular complexity index is 636.